The Morgan fingerprint density at radius 1 is 1.21 bits per heavy atom. The SMILES string of the molecule is C1=CSN2C=Cc3ccccc3C2=N1. The first-order chi connectivity index (χ1) is 6.95. The first-order valence-electron chi connectivity index (χ1n) is 4.41. The van der Waals surface area contributed by atoms with Crippen LogP contribution in [-0.4, -0.2) is 10.1 Å². The van der Waals surface area contributed by atoms with E-state index in [0.29, 0.717) is 0 Å². The number of fused-ring (bicyclic) bond motifs is 3. The molecule has 0 radical (unpaired) electrons. The number of benzene rings is 1. The highest BCUT2D eigenvalue weighted by Crippen LogP contribution is 2.28. The van der Waals surface area contributed by atoms with Crippen molar-refractivity contribution in [3.63, 3.8) is 0 Å². The van der Waals surface area contributed by atoms with Crippen molar-refractivity contribution < 1.29 is 0 Å². The topological polar surface area (TPSA) is 15.6 Å². The Hall–Kier alpha value is -1.48. The Balaban J connectivity index is 2.22. The molecule has 0 fully saturated rings. The summed E-state index contributed by atoms with van der Waals surface area (Å²) in [5.74, 6) is 1.02. The molecule has 2 heterocycles. The molecule has 68 valence electrons. The van der Waals surface area contributed by atoms with E-state index in [1.54, 1.807) is 11.9 Å². The summed E-state index contributed by atoms with van der Waals surface area (Å²) in [5.41, 5.74) is 2.44. The highest BCUT2D eigenvalue weighted by atomic mass is 32.2. The van der Waals surface area contributed by atoms with Crippen molar-refractivity contribution in [2.75, 3.05) is 0 Å². The van der Waals surface area contributed by atoms with Crippen LogP contribution < -0.4 is 0 Å². The Bertz CT molecular complexity index is 460. The van der Waals surface area contributed by atoms with E-state index in [2.05, 4.69) is 33.7 Å². The second kappa shape index (κ2) is 3.03. The third-order valence-electron chi connectivity index (χ3n) is 2.23. The summed E-state index contributed by atoms with van der Waals surface area (Å²) in [6.07, 6.45) is 6.00. The van der Waals surface area contributed by atoms with Crippen LogP contribution in [-0.2, 0) is 0 Å². The fourth-order valence-electron chi connectivity index (χ4n) is 1.59. The molecule has 0 bridgehead atoms. The molecule has 3 heteroatoms. The van der Waals surface area contributed by atoms with Gasteiger partial charge in [0.05, 0.1) is 0 Å². The summed E-state index contributed by atoms with van der Waals surface area (Å²) in [5, 5.41) is 1.97. The van der Waals surface area contributed by atoms with Crippen LogP contribution in [0.4, 0.5) is 0 Å². The number of nitrogens with zero attached hydrogens (tertiary/aromatic N) is 2. The van der Waals surface area contributed by atoms with E-state index in [0.717, 1.165) is 5.84 Å². The van der Waals surface area contributed by atoms with Crippen LogP contribution in [0.2, 0.25) is 0 Å². The Morgan fingerprint density at radius 2 is 2.14 bits per heavy atom. The molecule has 0 saturated carbocycles. The monoisotopic (exact) mass is 200 g/mol. The molecule has 0 amide bonds. The van der Waals surface area contributed by atoms with Gasteiger partial charge in [-0.05, 0) is 23.6 Å². The summed E-state index contributed by atoms with van der Waals surface area (Å²) in [6, 6.07) is 8.30. The van der Waals surface area contributed by atoms with Gasteiger partial charge in [0.25, 0.3) is 0 Å². The zero-order valence-corrected chi connectivity index (χ0v) is 8.24. The maximum Gasteiger partial charge on any atom is 0.150 e. The van der Waals surface area contributed by atoms with Crippen LogP contribution >= 0.6 is 11.9 Å². The Morgan fingerprint density at radius 3 is 3.14 bits per heavy atom. The molecule has 0 saturated heterocycles. The van der Waals surface area contributed by atoms with Crippen LogP contribution in [0.25, 0.3) is 6.08 Å². The van der Waals surface area contributed by atoms with Crippen molar-refractivity contribution in [2.45, 2.75) is 0 Å². The van der Waals surface area contributed by atoms with Gasteiger partial charge in [0.1, 0.15) is 0 Å². The molecule has 1 aromatic rings. The third kappa shape index (κ3) is 1.09. The standard InChI is InChI=1S/C11H8N2S/c1-2-4-10-9(3-1)5-7-13-11(10)12-6-8-14-13/h1-8H. The van der Waals surface area contributed by atoms with Gasteiger partial charge >= 0.3 is 0 Å². The maximum atomic E-state index is 4.38. The average molecular weight is 200 g/mol. The van der Waals surface area contributed by atoms with Crippen LogP contribution in [0, 0.1) is 0 Å². The number of rotatable bonds is 0. The summed E-state index contributed by atoms with van der Waals surface area (Å²) in [4.78, 5) is 4.38. The van der Waals surface area contributed by atoms with Gasteiger partial charge < -0.3 is 0 Å². The largest absolute Gasteiger partial charge is 0.271 e. The molecule has 14 heavy (non-hydrogen) atoms. The zero-order chi connectivity index (χ0) is 9.38. The van der Waals surface area contributed by atoms with Crippen LogP contribution in [0.5, 0.6) is 0 Å². The number of hydrogen-bond acceptors (Lipinski definition) is 3. The third-order valence-corrected chi connectivity index (χ3v) is 3.00. The van der Waals surface area contributed by atoms with Crippen molar-refractivity contribution in [2.24, 2.45) is 4.99 Å². The Labute approximate surface area is 86.8 Å². The zero-order valence-electron chi connectivity index (χ0n) is 7.42. The second-order valence-corrected chi connectivity index (χ2v) is 3.95. The number of aliphatic imine (C=N–C) groups is 1. The normalized spacial score (nSPS) is 17.4. The Kier molecular flexibility index (Phi) is 1.70. The van der Waals surface area contributed by atoms with Crippen LogP contribution in [0.15, 0.2) is 47.1 Å². The second-order valence-electron chi connectivity index (χ2n) is 3.07. The van der Waals surface area contributed by atoms with Crippen molar-refractivity contribution in [1.82, 2.24) is 4.31 Å². The van der Waals surface area contributed by atoms with E-state index >= 15 is 0 Å². The van der Waals surface area contributed by atoms with Gasteiger partial charge in [-0.25, -0.2) is 4.99 Å². The first-order valence-corrected chi connectivity index (χ1v) is 5.25. The molecule has 3 rings (SSSR count). The fourth-order valence-corrected chi connectivity index (χ4v) is 2.21. The predicted molar refractivity (Wildman–Crippen MR) is 60.6 cm³/mol. The smallest absolute Gasteiger partial charge is 0.150 e. The van der Waals surface area contributed by atoms with Crippen molar-refractivity contribution >= 4 is 23.9 Å². The minimum Gasteiger partial charge on any atom is -0.271 e. The summed E-state index contributed by atoms with van der Waals surface area (Å²) in [7, 11) is 0. The van der Waals surface area contributed by atoms with E-state index in [1.807, 2.05) is 23.7 Å². The molecular weight excluding hydrogens is 192 g/mol. The highest BCUT2D eigenvalue weighted by Gasteiger charge is 2.18. The lowest BCUT2D eigenvalue weighted by atomic mass is 10.0. The molecule has 0 N–H and O–H groups in total. The molecule has 2 nitrogen and oxygen atoms in total. The van der Waals surface area contributed by atoms with Gasteiger partial charge in [-0.15, -0.1) is 0 Å². The molecule has 1 aromatic carbocycles. The van der Waals surface area contributed by atoms with Crippen molar-refractivity contribution in [3.8, 4) is 0 Å². The van der Waals surface area contributed by atoms with E-state index in [9.17, 15) is 0 Å². The summed E-state index contributed by atoms with van der Waals surface area (Å²) < 4.78 is 2.07. The maximum absolute atomic E-state index is 4.38. The van der Waals surface area contributed by atoms with E-state index in [4.69, 9.17) is 0 Å². The van der Waals surface area contributed by atoms with E-state index < -0.39 is 0 Å². The number of hydrogen-bond donors (Lipinski definition) is 0. The van der Waals surface area contributed by atoms with Crippen molar-refractivity contribution in [3.05, 3.63) is 53.2 Å². The minimum atomic E-state index is 1.02. The molecule has 2 aliphatic rings. The lowest BCUT2D eigenvalue weighted by Gasteiger charge is -2.25. The fraction of sp³-hybridized carbons (Fsp3) is 0. The van der Waals surface area contributed by atoms with Crippen LogP contribution in [0.3, 0.4) is 0 Å². The van der Waals surface area contributed by atoms with E-state index in [1.165, 1.54) is 11.1 Å². The van der Waals surface area contributed by atoms with Gasteiger partial charge in [-0.2, -0.15) is 0 Å². The predicted octanol–water partition coefficient (Wildman–Crippen LogP) is 2.85. The quantitative estimate of drug-likeness (QED) is 0.598. The highest BCUT2D eigenvalue weighted by molar-refractivity contribution is 8.00. The van der Waals surface area contributed by atoms with Gasteiger partial charge in [0, 0.05) is 23.4 Å². The van der Waals surface area contributed by atoms with E-state index in [-0.39, 0.29) is 0 Å². The average Bonchev–Trinajstić information content (AvgIpc) is 2.29. The van der Waals surface area contributed by atoms with Crippen LogP contribution in [0.1, 0.15) is 11.1 Å². The molecule has 2 aliphatic heterocycles. The molecular formula is C11H8N2S. The van der Waals surface area contributed by atoms with Gasteiger partial charge in [-0.1, -0.05) is 24.3 Å². The molecule has 0 aromatic heterocycles. The first kappa shape index (κ1) is 7.88. The molecule has 0 spiro atoms. The summed E-state index contributed by atoms with van der Waals surface area (Å²) >= 11 is 1.65. The lowest BCUT2D eigenvalue weighted by molar-refractivity contribution is 0.923. The van der Waals surface area contributed by atoms with Gasteiger partial charge in [0.15, 0.2) is 5.84 Å². The minimum absolute atomic E-state index is 1.02. The van der Waals surface area contributed by atoms with Crippen molar-refractivity contribution in [1.29, 1.82) is 0 Å². The molecule has 0 atom stereocenters. The lowest BCUT2D eigenvalue weighted by Crippen LogP contribution is -2.24. The van der Waals surface area contributed by atoms with Gasteiger partial charge in [-0.3, -0.25) is 4.31 Å². The van der Waals surface area contributed by atoms with Gasteiger partial charge in [0.2, 0.25) is 0 Å². The molecule has 0 aliphatic carbocycles. The molecule has 0 unspecified atom stereocenters. The number of amidine groups is 1. The summed E-state index contributed by atoms with van der Waals surface area (Å²) in [6.45, 7) is 0.